The number of carbonyl (C=O) groups is 2. The molecule has 0 aliphatic heterocycles. The molecule has 0 fully saturated rings. The van der Waals surface area contributed by atoms with Gasteiger partial charge in [-0.25, -0.2) is 0 Å². The van der Waals surface area contributed by atoms with Crippen LogP contribution in [0.15, 0.2) is 34.9 Å². The summed E-state index contributed by atoms with van der Waals surface area (Å²) in [7, 11) is 0. The molecule has 0 aliphatic rings. The van der Waals surface area contributed by atoms with Gasteiger partial charge in [0, 0.05) is 0 Å². The van der Waals surface area contributed by atoms with Crippen LogP contribution in [-0.4, -0.2) is 26.9 Å². The number of allylic oxidation sites excluding steroid dienone is 6. The van der Waals surface area contributed by atoms with Crippen molar-refractivity contribution in [3.05, 3.63) is 34.9 Å². The maximum Gasteiger partial charge on any atom is 0.320 e. The topological polar surface area (TPSA) is 74.6 Å². The Kier molecular flexibility index (Phi) is 10.4. The molecule has 0 radical (unpaired) electrons. The van der Waals surface area contributed by atoms with E-state index in [0.29, 0.717) is 0 Å². The first-order chi connectivity index (χ1) is 11.1. The predicted octanol–water partition coefficient (Wildman–Crippen LogP) is 5.02. The van der Waals surface area contributed by atoms with E-state index in [2.05, 4.69) is 45.6 Å². The summed E-state index contributed by atoms with van der Waals surface area (Å²) in [6.07, 6.45) is 9.65. The molecule has 0 aromatic carbocycles. The highest BCUT2D eigenvalue weighted by molar-refractivity contribution is 7.82. The quantitative estimate of drug-likeness (QED) is 0.359. The van der Waals surface area contributed by atoms with Crippen molar-refractivity contribution in [3.63, 3.8) is 0 Å². The first kappa shape index (κ1) is 22.5. The van der Waals surface area contributed by atoms with Crippen LogP contribution in [0.25, 0.3) is 0 Å². The number of carboxylic acids is 2. The third-order valence-corrected chi connectivity index (χ3v) is 4.28. The Labute approximate surface area is 150 Å². The lowest BCUT2D eigenvalue weighted by Gasteiger charge is -2.20. The number of thiol groups is 1. The van der Waals surface area contributed by atoms with Crippen LogP contribution in [0.2, 0.25) is 0 Å². The molecular weight excluding hydrogens is 324 g/mol. The standard InChI is InChI=1S/C19H30O4S/c1-14(2)7-5-8-15(3)9-6-10-16(4)11-12-19(24,18(22)23)13-17(20)21/h7,9,11,24H,5-6,8,10,12-13H2,1-4H3,(H,20,21)(H,22,23). The SMILES string of the molecule is CC(C)=CCCC(C)=CCCC(C)=CCC(S)(CC(=O)O)C(=O)O. The Balaban J connectivity index is 4.47. The van der Waals surface area contributed by atoms with Gasteiger partial charge in [-0.3, -0.25) is 9.59 Å². The van der Waals surface area contributed by atoms with E-state index in [1.165, 1.54) is 11.1 Å². The number of hydrogen-bond acceptors (Lipinski definition) is 3. The van der Waals surface area contributed by atoms with Gasteiger partial charge in [0.15, 0.2) is 0 Å². The first-order valence-corrected chi connectivity index (χ1v) is 8.63. The van der Waals surface area contributed by atoms with E-state index in [1.54, 1.807) is 6.08 Å². The predicted molar refractivity (Wildman–Crippen MR) is 102 cm³/mol. The third kappa shape index (κ3) is 10.3. The molecule has 0 aliphatic carbocycles. The van der Waals surface area contributed by atoms with Gasteiger partial charge < -0.3 is 10.2 Å². The highest BCUT2D eigenvalue weighted by Crippen LogP contribution is 2.26. The summed E-state index contributed by atoms with van der Waals surface area (Å²) in [6, 6.07) is 0. The Bertz CT molecular complexity index is 527. The van der Waals surface area contributed by atoms with Crippen molar-refractivity contribution in [2.75, 3.05) is 0 Å². The molecule has 0 spiro atoms. The van der Waals surface area contributed by atoms with Crippen molar-refractivity contribution < 1.29 is 19.8 Å². The highest BCUT2D eigenvalue weighted by atomic mass is 32.1. The fourth-order valence-corrected chi connectivity index (χ4v) is 2.39. The van der Waals surface area contributed by atoms with Crippen LogP contribution in [0.4, 0.5) is 0 Å². The molecular formula is C19H30O4S. The van der Waals surface area contributed by atoms with Crippen LogP contribution in [0, 0.1) is 0 Å². The molecule has 5 heteroatoms. The summed E-state index contributed by atoms with van der Waals surface area (Å²) < 4.78 is -1.55. The van der Waals surface area contributed by atoms with E-state index in [-0.39, 0.29) is 6.42 Å². The second-order valence-electron chi connectivity index (χ2n) is 6.57. The van der Waals surface area contributed by atoms with E-state index in [9.17, 15) is 14.7 Å². The molecule has 0 amide bonds. The summed E-state index contributed by atoms with van der Waals surface area (Å²) in [6.45, 7) is 8.24. The van der Waals surface area contributed by atoms with Gasteiger partial charge in [0.1, 0.15) is 4.75 Å². The van der Waals surface area contributed by atoms with Gasteiger partial charge in [0.25, 0.3) is 0 Å². The van der Waals surface area contributed by atoms with E-state index >= 15 is 0 Å². The Morgan fingerprint density at radius 1 is 0.917 bits per heavy atom. The normalized spacial score (nSPS) is 14.9. The van der Waals surface area contributed by atoms with Crippen LogP contribution in [0.1, 0.15) is 66.2 Å². The van der Waals surface area contributed by atoms with Crippen LogP contribution >= 0.6 is 12.6 Å². The van der Waals surface area contributed by atoms with Crippen molar-refractivity contribution in [1.82, 2.24) is 0 Å². The minimum absolute atomic E-state index is 0.104. The molecule has 0 aromatic rings. The molecule has 0 saturated heterocycles. The maximum atomic E-state index is 11.2. The van der Waals surface area contributed by atoms with Crippen LogP contribution in [-0.2, 0) is 9.59 Å². The number of carboxylic acid groups (broad SMARTS) is 2. The smallest absolute Gasteiger partial charge is 0.320 e. The van der Waals surface area contributed by atoms with Crippen molar-refractivity contribution in [2.45, 2.75) is 71.0 Å². The molecule has 136 valence electrons. The Hall–Kier alpha value is -1.49. The second-order valence-corrected chi connectivity index (χ2v) is 7.43. The summed E-state index contributed by atoms with van der Waals surface area (Å²) in [5.41, 5.74) is 3.73. The number of rotatable bonds is 11. The molecule has 1 unspecified atom stereocenters. The summed E-state index contributed by atoms with van der Waals surface area (Å²) in [4.78, 5) is 22.0. The van der Waals surface area contributed by atoms with Gasteiger partial charge in [0.05, 0.1) is 6.42 Å². The van der Waals surface area contributed by atoms with E-state index < -0.39 is 23.1 Å². The average molecular weight is 355 g/mol. The van der Waals surface area contributed by atoms with Gasteiger partial charge in [-0.05, 0) is 59.8 Å². The van der Waals surface area contributed by atoms with Gasteiger partial charge in [-0.1, -0.05) is 34.9 Å². The minimum Gasteiger partial charge on any atom is -0.481 e. The molecule has 1 atom stereocenters. The van der Waals surface area contributed by atoms with Crippen molar-refractivity contribution >= 4 is 24.6 Å². The Morgan fingerprint density at radius 3 is 1.88 bits per heavy atom. The minimum atomic E-state index is -1.55. The number of aliphatic carboxylic acids is 2. The molecule has 0 heterocycles. The van der Waals surface area contributed by atoms with Gasteiger partial charge in [-0.2, -0.15) is 12.6 Å². The molecule has 0 saturated carbocycles. The monoisotopic (exact) mass is 354 g/mol. The van der Waals surface area contributed by atoms with Gasteiger partial charge in [-0.15, -0.1) is 0 Å². The van der Waals surface area contributed by atoms with E-state index in [4.69, 9.17) is 5.11 Å². The lowest BCUT2D eigenvalue weighted by Crippen LogP contribution is -2.34. The zero-order valence-corrected chi connectivity index (χ0v) is 16.0. The average Bonchev–Trinajstić information content (AvgIpc) is 2.44. The lowest BCUT2D eigenvalue weighted by molar-refractivity contribution is -0.146. The summed E-state index contributed by atoms with van der Waals surface area (Å²) in [5.74, 6) is -2.36. The fourth-order valence-electron chi connectivity index (χ4n) is 2.17. The molecule has 0 rings (SSSR count). The van der Waals surface area contributed by atoms with Crippen molar-refractivity contribution in [2.24, 2.45) is 0 Å². The van der Waals surface area contributed by atoms with Crippen LogP contribution < -0.4 is 0 Å². The lowest BCUT2D eigenvalue weighted by atomic mass is 9.97. The summed E-state index contributed by atoms with van der Waals surface area (Å²) in [5, 5.41) is 18.0. The van der Waals surface area contributed by atoms with E-state index in [0.717, 1.165) is 31.3 Å². The number of hydrogen-bond donors (Lipinski definition) is 3. The molecule has 4 nitrogen and oxygen atoms in total. The fraction of sp³-hybridized carbons (Fsp3) is 0.579. The zero-order valence-electron chi connectivity index (χ0n) is 15.1. The second kappa shape index (κ2) is 11.1. The van der Waals surface area contributed by atoms with Crippen LogP contribution in [0.3, 0.4) is 0 Å². The van der Waals surface area contributed by atoms with Gasteiger partial charge in [0.2, 0.25) is 0 Å². The molecule has 24 heavy (non-hydrogen) atoms. The zero-order chi connectivity index (χ0) is 18.8. The largest absolute Gasteiger partial charge is 0.481 e. The van der Waals surface area contributed by atoms with Gasteiger partial charge >= 0.3 is 11.9 Å². The molecule has 0 bridgehead atoms. The third-order valence-electron chi connectivity index (χ3n) is 3.75. The van der Waals surface area contributed by atoms with Crippen molar-refractivity contribution in [3.8, 4) is 0 Å². The van der Waals surface area contributed by atoms with E-state index in [1.807, 2.05) is 6.92 Å². The van der Waals surface area contributed by atoms with Crippen LogP contribution in [0.5, 0.6) is 0 Å². The Morgan fingerprint density at radius 2 is 1.42 bits per heavy atom. The van der Waals surface area contributed by atoms with Crippen molar-refractivity contribution in [1.29, 1.82) is 0 Å². The highest BCUT2D eigenvalue weighted by Gasteiger charge is 2.36. The molecule has 0 aromatic heterocycles. The first-order valence-electron chi connectivity index (χ1n) is 8.19. The maximum absolute atomic E-state index is 11.2. The molecule has 2 N–H and O–H groups in total. The summed E-state index contributed by atoms with van der Waals surface area (Å²) >= 11 is 4.06.